The fraction of sp³-hybridized carbons (Fsp3) is 0.397. The van der Waals surface area contributed by atoms with E-state index in [1.54, 1.807) is 42.2 Å². The molecular weight excluding hydrogens is 1150 g/mol. The van der Waals surface area contributed by atoms with E-state index in [1.165, 1.54) is 35.7 Å². The van der Waals surface area contributed by atoms with Gasteiger partial charge in [-0.15, -0.1) is 5.10 Å². The maximum atomic E-state index is 14.8. The number of fused-ring (bicyclic) bond motifs is 6. The van der Waals surface area contributed by atoms with E-state index in [-0.39, 0.29) is 56.1 Å². The molecule has 21 heteroatoms. The van der Waals surface area contributed by atoms with Crippen LogP contribution in [0.3, 0.4) is 0 Å². The molecule has 0 unspecified atom stereocenters. The predicted molar refractivity (Wildman–Crippen MR) is 334 cm³/mol. The molecule has 0 bridgehead atoms. The minimum atomic E-state index is -1.20. The molecule has 2 N–H and O–H groups in total. The minimum Gasteiger partial charge on any atom is -0.448 e. The van der Waals surface area contributed by atoms with Crippen molar-refractivity contribution in [3.05, 3.63) is 150 Å². The first-order chi connectivity index (χ1) is 43.2. The molecule has 2 saturated heterocycles. The number of nitrogens with zero attached hydrogens (tertiary/aromatic N) is 8. The quantitative estimate of drug-likeness (QED) is 0.0621. The molecule has 4 aliphatic rings. The van der Waals surface area contributed by atoms with Gasteiger partial charge in [0, 0.05) is 50.5 Å². The highest BCUT2D eigenvalue weighted by atomic mass is 32.2. The number of ether oxygens (including phenoxy) is 4. The van der Waals surface area contributed by atoms with Crippen LogP contribution in [-0.2, 0) is 44.7 Å². The lowest BCUT2D eigenvalue weighted by Crippen LogP contribution is -2.58. The first-order valence-corrected chi connectivity index (χ1v) is 31.0. The van der Waals surface area contributed by atoms with Gasteiger partial charge in [-0.05, 0) is 144 Å². The number of likely N-dealkylation sites (N-methyl/N-ethyl adjacent to an activating group) is 2. The van der Waals surface area contributed by atoms with Gasteiger partial charge in [-0.3, -0.25) is 29.0 Å². The Hall–Kier alpha value is -9.02. The summed E-state index contributed by atoms with van der Waals surface area (Å²) >= 11 is 1.41. The van der Waals surface area contributed by atoms with E-state index in [2.05, 4.69) is 74.1 Å². The van der Waals surface area contributed by atoms with Gasteiger partial charge in [0.15, 0.2) is 0 Å². The van der Waals surface area contributed by atoms with Crippen LogP contribution in [0.1, 0.15) is 87.5 Å². The van der Waals surface area contributed by atoms with Crippen LogP contribution in [0.25, 0.3) is 22.3 Å². The maximum Gasteiger partial charge on any atom is 0.410 e. The number of tetrazole rings is 1. The van der Waals surface area contributed by atoms with Crippen molar-refractivity contribution in [3.63, 3.8) is 0 Å². The summed E-state index contributed by atoms with van der Waals surface area (Å²) in [4.78, 5) is 90.9. The second-order valence-electron chi connectivity index (χ2n) is 22.7. The van der Waals surface area contributed by atoms with Crippen LogP contribution in [0.4, 0.5) is 9.59 Å². The van der Waals surface area contributed by atoms with Crippen LogP contribution in [0.2, 0.25) is 0 Å². The molecule has 3 heterocycles. The van der Waals surface area contributed by atoms with Crippen LogP contribution < -0.4 is 10.6 Å². The van der Waals surface area contributed by atoms with Gasteiger partial charge in [0.2, 0.25) is 28.8 Å². The Morgan fingerprint density at radius 1 is 0.584 bits per heavy atom. The third-order valence-electron chi connectivity index (χ3n) is 17.2. The standard InChI is InChI=1S/C68H74N10O10S/c1-44(74(5)67(83)87-42-58-54-32-16-12-28-50(54)51-29-13-17-33-55(51)58)62(79)69-60(64(81)76-36-20-21-37-76)46(3)85-39-22-7-8-23-40-86-47(4)61(65(82)77-38-24-25-48(77)41-78-66(71-72-73-78)89-49-26-10-9-11-27-49)70-63(80)45(2)75(6)68(84)88-43-59-56-34-18-14-30-52(56)53-31-15-19-35-57(53)59/h9-19,26-35,44-48,58-61H,20-21,24-25,36-43H2,1-6H3,(H,69,79)(H,70,80)/t44-,45-,46+,47+,48-,60-,61-/m0/s1. The van der Waals surface area contributed by atoms with Crippen molar-refractivity contribution in [1.29, 1.82) is 0 Å². The first-order valence-electron chi connectivity index (χ1n) is 30.2. The number of hydrogen-bond donors (Lipinski definition) is 2. The summed E-state index contributed by atoms with van der Waals surface area (Å²) < 4.78 is 25.6. The number of amides is 6. The first kappa shape index (κ1) is 63.0. The minimum absolute atomic E-state index is 0.0619. The fourth-order valence-electron chi connectivity index (χ4n) is 11.9. The smallest absolute Gasteiger partial charge is 0.410 e. The van der Waals surface area contributed by atoms with Crippen LogP contribution in [0.5, 0.6) is 0 Å². The number of carbonyl (C=O) groups excluding carboxylic acids is 6. The molecule has 20 nitrogen and oxygen atoms in total. The zero-order valence-electron chi connectivity index (χ0n) is 50.9. The molecule has 6 amide bonds. The third-order valence-corrected chi connectivity index (χ3v) is 18.2. The van der Waals surface area contributed by atoms with Crippen LogP contribution in [0.15, 0.2) is 137 Å². The van der Waals surface area contributed by atoms with Gasteiger partial charge in [0.1, 0.15) is 50.6 Å². The molecule has 6 aromatic rings. The molecule has 0 spiro atoms. The van der Waals surface area contributed by atoms with Gasteiger partial charge in [0.05, 0.1) is 24.8 Å². The number of benzene rings is 5. The Labute approximate surface area is 523 Å². The molecule has 1 aromatic heterocycles. The number of carbonyl (C=O) groups is 6. The number of likely N-dealkylation sites (tertiary alicyclic amines) is 2. The highest BCUT2D eigenvalue weighted by molar-refractivity contribution is 7.99. The summed E-state index contributed by atoms with van der Waals surface area (Å²) in [7, 11) is 2.98. The zero-order valence-corrected chi connectivity index (χ0v) is 51.7. The lowest BCUT2D eigenvalue weighted by molar-refractivity contribution is -0.142. The van der Waals surface area contributed by atoms with Gasteiger partial charge in [-0.2, -0.15) is 0 Å². The zero-order chi connectivity index (χ0) is 62.6. The van der Waals surface area contributed by atoms with E-state index < -0.39 is 60.4 Å². The molecule has 2 aliphatic carbocycles. The molecule has 10 rings (SSSR count). The predicted octanol–water partition coefficient (Wildman–Crippen LogP) is 7.76. The van der Waals surface area contributed by atoms with Crippen LogP contribution in [-0.4, -0.2) is 178 Å². The van der Waals surface area contributed by atoms with Crippen molar-refractivity contribution in [2.45, 2.75) is 124 Å². The molecule has 5 aromatic carbocycles. The van der Waals surface area contributed by atoms with Gasteiger partial charge >= 0.3 is 12.2 Å². The maximum absolute atomic E-state index is 14.8. The van der Waals surface area contributed by atoms with Gasteiger partial charge in [-0.25, -0.2) is 14.3 Å². The average molecular weight is 1220 g/mol. The number of aromatic nitrogens is 4. The Morgan fingerprint density at radius 3 is 1.49 bits per heavy atom. The molecule has 0 radical (unpaired) electrons. The van der Waals surface area contributed by atoms with E-state index in [9.17, 15) is 28.8 Å². The largest absolute Gasteiger partial charge is 0.448 e. The van der Waals surface area contributed by atoms with E-state index in [0.29, 0.717) is 44.2 Å². The lowest BCUT2D eigenvalue weighted by Gasteiger charge is -2.33. The van der Waals surface area contributed by atoms with Gasteiger partial charge in [-0.1, -0.05) is 127 Å². The summed E-state index contributed by atoms with van der Waals surface area (Å²) in [5, 5.41) is 18.8. The van der Waals surface area contributed by atoms with Gasteiger partial charge < -0.3 is 39.4 Å². The van der Waals surface area contributed by atoms with E-state index in [4.69, 9.17) is 18.9 Å². The summed E-state index contributed by atoms with van der Waals surface area (Å²) in [5.41, 5.74) is 8.62. The van der Waals surface area contributed by atoms with Crippen molar-refractivity contribution >= 4 is 47.6 Å². The monoisotopic (exact) mass is 1220 g/mol. The summed E-state index contributed by atoms with van der Waals surface area (Å²) in [6.45, 7) is 8.14. The molecule has 462 valence electrons. The number of rotatable bonds is 22. The highest BCUT2D eigenvalue weighted by Gasteiger charge is 2.40. The number of hydrogen-bond acceptors (Lipinski definition) is 14. The van der Waals surface area contributed by atoms with E-state index in [0.717, 1.165) is 62.2 Å². The Bertz CT molecular complexity index is 3580. The molecule has 7 atom stereocenters. The van der Waals surface area contributed by atoms with Crippen LogP contribution in [0, 0.1) is 23.7 Å². The van der Waals surface area contributed by atoms with Crippen molar-refractivity contribution in [2.24, 2.45) is 0 Å². The average Bonchev–Trinajstić information content (AvgIpc) is 1.85. The van der Waals surface area contributed by atoms with Crippen molar-refractivity contribution in [2.75, 3.05) is 60.2 Å². The summed E-state index contributed by atoms with van der Waals surface area (Å²) in [5.74, 6) is 9.03. The van der Waals surface area contributed by atoms with Crippen molar-refractivity contribution < 1.29 is 47.7 Å². The Kier molecular flexibility index (Phi) is 20.8. The Morgan fingerprint density at radius 2 is 1.02 bits per heavy atom. The molecular formula is C68H74N10O10S. The highest BCUT2D eigenvalue weighted by Crippen LogP contribution is 2.46. The van der Waals surface area contributed by atoms with E-state index >= 15 is 0 Å². The van der Waals surface area contributed by atoms with Crippen molar-refractivity contribution in [3.8, 4) is 45.9 Å². The topological polar surface area (TPSA) is 220 Å². The molecule has 2 aliphatic heterocycles. The summed E-state index contributed by atoms with van der Waals surface area (Å²) in [6.07, 6.45) is -0.0786. The molecule has 89 heavy (non-hydrogen) atoms. The Balaban J connectivity index is 0.751. The van der Waals surface area contributed by atoms with E-state index in [1.807, 2.05) is 103 Å². The third kappa shape index (κ3) is 14.6. The van der Waals surface area contributed by atoms with Crippen LogP contribution >= 0.6 is 11.8 Å². The van der Waals surface area contributed by atoms with Crippen molar-refractivity contribution in [1.82, 2.24) is 50.4 Å². The normalized spacial score (nSPS) is 16.7. The van der Waals surface area contributed by atoms with Gasteiger partial charge in [0.25, 0.3) is 0 Å². The molecule has 0 saturated carbocycles. The second-order valence-corrected chi connectivity index (χ2v) is 23.7. The molecule has 2 fully saturated rings. The number of nitrogens with one attached hydrogen (secondary N) is 2. The summed E-state index contributed by atoms with van der Waals surface area (Å²) in [6, 6.07) is 37.2. The lowest BCUT2D eigenvalue weighted by atomic mass is 9.98. The SMILES string of the molecule is C[C@@H](OCC#CC#CCO[C@H](C)[C@H](NC(=O)[C@H](C)N(C)C(=O)OCC1c2ccccc2-c2ccccc21)C(=O)N1CCC[C@H]1Cn1nnnc1Sc1ccccc1)[C@H](NC(=O)[C@H](C)N(C)C(=O)OCC1c2ccccc2-c2ccccc21)C(=O)N1CCCC1. The second kappa shape index (κ2) is 29.3. The fourth-order valence-corrected chi connectivity index (χ4v) is 12.7.